The van der Waals surface area contributed by atoms with Gasteiger partial charge in [0.2, 0.25) is 0 Å². The number of amides is 1. The van der Waals surface area contributed by atoms with Crippen molar-refractivity contribution >= 4 is 5.91 Å². The Morgan fingerprint density at radius 1 is 1.33 bits per heavy atom. The second kappa shape index (κ2) is 7.93. The molecule has 1 fully saturated rings. The summed E-state index contributed by atoms with van der Waals surface area (Å²) in [6.07, 6.45) is -8.58. The maximum absolute atomic E-state index is 12.4. The van der Waals surface area contributed by atoms with E-state index in [1.54, 1.807) is 35.6 Å². The summed E-state index contributed by atoms with van der Waals surface area (Å²) in [6.45, 7) is -0.811. The molecule has 0 radical (unpaired) electrons. The van der Waals surface area contributed by atoms with Crippen LogP contribution in [0.25, 0.3) is 0 Å². The molecule has 1 amide bonds. The fraction of sp³-hybridized carbons (Fsp3) is 0.533. The molecular formula is C15H18F3NO5. The minimum atomic E-state index is -5.05. The molecule has 0 spiro atoms. The SMILES string of the molecule is O=C(N[C@H]1CO[C@H](CO)[C@H](O)[C@@H]1OCc1ccccc1)C(F)(F)F. The van der Waals surface area contributed by atoms with Gasteiger partial charge in [-0.15, -0.1) is 0 Å². The number of aliphatic hydroxyl groups is 2. The lowest BCUT2D eigenvalue weighted by Crippen LogP contribution is -2.62. The van der Waals surface area contributed by atoms with E-state index in [9.17, 15) is 23.1 Å². The average molecular weight is 349 g/mol. The van der Waals surface area contributed by atoms with Crippen LogP contribution in [0.3, 0.4) is 0 Å². The third-order valence-electron chi connectivity index (χ3n) is 3.64. The first kappa shape index (κ1) is 18.7. The Hall–Kier alpha value is -1.68. The molecule has 1 aliphatic rings. The zero-order valence-corrected chi connectivity index (χ0v) is 12.6. The number of carbonyl (C=O) groups excluding carboxylic acids is 1. The van der Waals surface area contributed by atoms with Crippen molar-refractivity contribution in [1.82, 2.24) is 5.32 Å². The quantitative estimate of drug-likeness (QED) is 0.715. The molecule has 3 N–H and O–H groups in total. The fourth-order valence-electron chi connectivity index (χ4n) is 2.39. The molecule has 9 heteroatoms. The molecule has 6 nitrogen and oxygen atoms in total. The summed E-state index contributed by atoms with van der Waals surface area (Å²) >= 11 is 0. The predicted molar refractivity (Wildman–Crippen MR) is 75.8 cm³/mol. The fourth-order valence-corrected chi connectivity index (χ4v) is 2.39. The van der Waals surface area contributed by atoms with Crippen molar-refractivity contribution in [3.8, 4) is 0 Å². The normalized spacial score (nSPS) is 27.7. The molecule has 0 unspecified atom stereocenters. The van der Waals surface area contributed by atoms with Gasteiger partial charge in [0.15, 0.2) is 0 Å². The second-order valence-corrected chi connectivity index (χ2v) is 5.38. The number of benzene rings is 1. The van der Waals surface area contributed by atoms with E-state index in [0.717, 1.165) is 5.56 Å². The Morgan fingerprint density at radius 2 is 2.00 bits per heavy atom. The van der Waals surface area contributed by atoms with Crippen LogP contribution < -0.4 is 5.32 Å². The minimum Gasteiger partial charge on any atom is -0.394 e. The van der Waals surface area contributed by atoms with Crippen LogP contribution in [-0.2, 0) is 20.9 Å². The number of hydrogen-bond acceptors (Lipinski definition) is 5. The van der Waals surface area contributed by atoms with E-state index in [1.165, 1.54) is 0 Å². The van der Waals surface area contributed by atoms with Gasteiger partial charge >= 0.3 is 12.1 Å². The van der Waals surface area contributed by atoms with E-state index in [2.05, 4.69) is 0 Å². The van der Waals surface area contributed by atoms with E-state index in [4.69, 9.17) is 14.6 Å². The van der Waals surface area contributed by atoms with Gasteiger partial charge in [0.25, 0.3) is 0 Å². The minimum absolute atomic E-state index is 0.0269. The molecule has 134 valence electrons. The summed E-state index contributed by atoms with van der Waals surface area (Å²) < 4.78 is 47.9. The lowest BCUT2D eigenvalue weighted by molar-refractivity contribution is -0.194. The highest BCUT2D eigenvalue weighted by Gasteiger charge is 2.45. The molecule has 4 atom stereocenters. The highest BCUT2D eigenvalue weighted by Crippen LogP contribution is 2.22. The average Bonchev–Trinajstić information content (AvgIpc) is 2.54. The number of alkyl halides is 3. The van der Waals surface area contributed by atoms with Gasteiger partial charge in [-0.3, -0.25) is 4.79 Å². The first-order valence-electron chi connectivity index (χ1n) is 7.26. The molecule has 0 bridgehead atoms. The molecule has 1 aromatic carbocycles. The molecule has 0 aromatic heterocycles. The summed E-state index contributed by atoms with van der Waals surface area (Å²) in [5.74, 6) is -2.14. The summed E-state index contributed by atoms with van der Waals surface area (Å²) in [5, 5.41) is 21.1. The van der Waals surface area contributed by atoms with Gasteiger partial charge in [-0.2, -0.15) is 13.2 Å². The molecule has 24 heavy (non-hydrogen) atoms. The van der Waals surface area contributed by atoms with Crippen LogP contribution in [0.15, 0.2) is 30.3 Å². The number of nitrogens with one attached hydrogen (secondary N) is 1. The molecular weight excluding hydrogens is 331 g/mol. The van der Waals surface area contributed by atoms with Gasteiger partial charge in [-0.1, -0.05) is 30.3 Å². The highest BCUT2D eigenvalue weighted by atomic mass is 19.4. The van der Waals surface area contributed by atoms with Gasteiger partial charge in [0.05, 0.1) is 25.9 Å². The number of halogens is 3. The summed E-state index contributed by atoms with van der Waals surface area (Å²) in [4.78, 5) is 11.1. The third kappa shape index (κ3) is 4.67. The van der Waals surface area contributed by atoms with Crippen molar-refractivity contribution < 1.29 is 37.7 Å². The zero-order valence-electron chi connectivity index (χ0n) is 12.6. The molecule has 1 saturated heterocycles. The first-order valence-corrected chi connectivity index (χ1v) is 7.26. The Bertz CT molecular complexity index is 540. The third-order valence-corrected chi connectivity index (χ3v) is 3.64. The zero-order chi connectivity index (χ0) is 17.7. The van der Waals surface area contributed by atoms with Gasteiger partial charge in [0.1, 0.15) is 18.3 Å². The van der Waals surface area contributed by atoms with Crippen LogP contribution in [0.5, 0.6) is 0 Å². The van der Waals surface area contributed by atoms with Crippen molar-refractivity contribution in [3.63, 3.8) is 0 Å². The number of aliphatic hydroxyl groups excluding tert-OH is 2. The van der Waals surface area contributed by atoms with Crippen molar-refractivity contribution in [2.45, 2.75) is 37.1 Å². The van der Waals surface area contributed by atoms with Gasteiger partial charge < -0.3 is 25.0 Å². The second-order valence-electron chi connectivity index (χ2n) is 5.38. The van der Waals surface area contributed by atoms with Crippen LogP contribution in [-0.4, -0.2) is 59.9 Å². The maximum atomic E-state index is 12.4. The molecule has 1 aromatic rings. The van der Waals surface area contributed by atoms with E-state index in [1.807, 2.05) is 0 Å². The highest BCUT2D eigenvalue weighted by molar-refractivity contribution is 5.82. The van der Waals surface area contributed by atoms with Crippen LogP contribution in [0, 0.1) is 0 Å². The molecule has 0 saturated carbocycles. The van der Waals surface area contributed by atoms with Crippen molar-refractivity contribution in [3.05, 3.63) is 35.9 Å². The first-order chi connectivity index (χ1) is 11.3. The van der Waals surface area contributed by atoms with E-state index in [0.29, 0.717) is 0 Å². The van der Waals surface area contributed by atoms with Gasteiger partial charge in [-0.25, -0.2) is 0 Å². The largest absolute Gasteiger partial charge is 0.471 e. The number of rotatable bonds is 5. The molecule has 1 heterocycles. The Balaban J connectivity index is 2.07. The molecule has 2 rings (SSSR count). The lowest BCUT2D eigenvalue weighted by Gasteiger charge is -2.39. The number of hydrogen-bond donors (Lipinski definition) is 3. The summed E-state index contributed by atoms with van der Waals surface area (Å²) in [7, 11) is 0. The van der Waals surface area contributed by atoms with Crippen molar-refractivity contribution in [2.75, 3.05) is 13.2 Å². The monoisotopic (exact) mass is 349 g/mol. The summed E-state index contributed by atoms with van der Waals surface area (Å²) in [5.41, 5.74) is 0.748. The predicted octanol–water partition coefficient (Wildman–Crippen LogP) is 0.371. The topological polar surface area (TPSA) is 88.0 Å². The van der Waals surface area contributed by atoms with E-state index < -0.39 is 43.0 Å². The number of ether oxygens (including phenoxy) is 2. The van der Waals surface area contributed by atoms with Gasteiger partial charge in [0, 0.05) is 0 Å². The van der Waals surface area contributed by atoms with E-state index >= 15 is 0 Å². The Morgan fingerprint density at radius 3 is 2.58 bits per heavy atom. The van der Waals surface area contributed by atoms with Crippen LogP contribution in [0.2, 0.25) is 0 Å². The molecule has 1 aliphatic heterocycles. The van der Waals surface area contributed by atoms with Crippen LogP contribution in [0.1, 0.15) is 5.56 Å². The smallest absolute Gasteiger partial charge is 0.394 e. The van der Waals surface area contributed by atoms with Gasteiger partial charge in [-0.05, 0) is 5.56 Å². The Labute approximate surface area is 136 Å². The van der Waals surface area contributed by atoms with E-state index in [-0.39, 0.29) is 13.2 Å². The lowest BCUT2D eigenvalue weighted by atomic mass is 9.98. The van der Waals surface area contributed by atoms with Crippen LogP contribution >= 0.6 is 0 Å². The van der Waals surface area contributed by atoms with Crippen molar-refractivity contribution in [1.29, 1.82) is 0 Å². The Kier molecular flexibility index (Phi) is 6.16. The molecule has 0 aliphatic carbocycles. The van der Waals surface area contributed by atoms with Crippen molar-refractivity contribution in [2.24, 2.45) is 0 Å². The number of carbonyl (C=O) groups is 1. The van der Waals surface area contributed by atoms with Crippen LogP contribution in [0.4, 0.5) is 13.2 Å². The standard InChI is InChI=1S/C15H18F3NO5/c16-15(17,18)14(22)19-10-8-23-11(6-20)12(21)13(10)24-7-9-4-2-1-3-5-9/h1-5,10-13,20-21H,6-8H2,(H,19,22)/t10-,11+,12-,13+/m0/s1. The summed E-state index contributed by atoms with van der Waals surface area (Å²) in [6, 6.07) is 7.62. The maximum Gasteiger partial charge on any atom is 0.471 e.